The number of fused-ring (bicyclic) bond motifs is 1. The van der Waals surface area contributed by atoms with Crippen molar-refractivity contribution in [3.63, 3.8) is 0 Å². The molecule has 0 atom stereocenters. The fraction of sp³-hybridized carbons (Fsp3) is 0.120. The van der Waals surface area contributed by atoms with E-state index >= 15 is 0 Å². The molecule has 0 fully saturated rings. The van der Waals surface area contributed by atoms with Crippen LogP contribution in [0, 0.1) is 0 Å². The standard InChI is InChI=1S/C25H22N2O3/c1-30-22-7-4-5-18(17-22)9-14-24(28)26-21-12-10-20(11-13-21)25(29)27-16-15-19-6-2-3-8-23(19)27/h2-14,17H,15-16H2,1H3,(H,26,28)/b14-9+. The second kappa shape index (κ2) is 8.66. The number of benzene rings is 3. The van der Waals surface area contributed by atoms with Gasteiger partial charge in [-0.2, -0.15) is 0 Å². The van der Waals surface area contributed by atoms with Gasteiger partial charge in [-0.15, -0.1) is 0 Å². The maximum atomic E-state index is 12.9. The van der Waals surface area contributed by atoms with Crippen LogP contribution in [-0.2, 0) is 11.2 Å². The number of nitrogens with one attached hydrogen (secondary N) is 1. The van der Waals surface area contributed by atoms with Crippen molar-refractivity contribution in [2.24, 2.45) is 0 Å². The van der Waals surface area contributed by atoms with Crippen LogP contribution in [0.1, 0.15) is 21.5 Å². The molecule has 0 saturated heterocycles. The predicted molar refractivity (Wildman–Crippen MR) is 119 cm³/mol. The molecule has 5 nitrogen and oxygen atoms in total. The first-order valence-corrected chi connectivity index (χ1v) is 9.77. The topological polar surface area (TPSA) is 58.6 Å². The first-order chi connectivity index (χ1) is 14.6. The molecular weight excluding hydrogens is 376 g/mol. The van der Waals surface area contributed by atoms with Gasteiger partial charge in [-0.1, -0.05) is 30.3 Å². The lowest BCUT2D eigenvalue weighted by molar-refractivity contribution is -0.111. The average molecular weight is 398 g/mol. The lowest BCUT2D eigenvalue weighted by atomic mass is 10.1. The molecule has 0 radical (unpaired) electrons. The van der Waals surface area contributed by atoms with Gasteiger partial charge in [0.2, 0.25) is 5.91 Å². The minimum atomic E-state index is -0.245. The highest BCUT2D eigenvalue weighted by Gasteiger charge is 2.24. The number of rotatable bonds is 5. The molecule has 4 rings (SSSR count). The fourth-order valence-corrected chi connectivity index (χ4v) is 3.50. The Morgan fingerprint density at radius 1 is 1.00 bits per heavy atom. The Balaban J connectivity index is 1.39. The molecule has 1 aliphatic heterocycles. The summed E-state index contributed by atoms with van der Waals surface area (Å²) < 4.78 is 5.18. The molecule has 0 aromatic heterocycles. The number of para-hydroxylation sites is 1. The van der Waals surface area contributed by atoms with E-state index in [1.165, 1.54) is 11.6 Å². The van der Waals surface area contributed by atoms with Crippen molar-refractivity contribution in [3.8, 4) is 5.75 Å². The number of nitrogens with zero attached hydrogens (tertiary/aromatic N) is 1. The summed E-state index contributed by atoms with van der Waals surface area (Å²) in [6.45, 7) is 0.686. The van der Waals surface area contributed by atoms with Gasteiger partial charge in [0.1, 0.15) is 5.75 Å². The Morgan fingerprint density at radius 2 is 1.80 bits per heavy atom. The SMILES string of the molecule is COc1cccc(/C=C/C(=O)Nc2ccc(C(=O)N3CCc4ccccc43)cc2)c1. The smallest absolute Gasteiger partial charge is 0.258 e. The van der Waals surface area contributed by atoms with Gasteiger partial charge in [-0.3, -0.25) is 9.59 Å². The molecule has 0 saturated carbocycles. The summed E-state index contributed by atoms with van der Waals surface area (Å²) in [4.78, 5) is 26.9. The van der Waals surface area contributed by atoms with Crippen LogP contribution >= 0.6 is 0 Å². The van der Waals surface area contributed by atoms with Crippen molar-refractivity contribution in [1.29, 1.82) is 0 Å². The van der Waals surface area contributed by atoms with E-state index in [1.807, 2.05) is 42.5 Å². The normalized spacial score (nSPS) is 12.6. The number of ether oxygens (including phenoxy) is 1. The first kappa shape index (κ1) is 19.5. The summed E-state index contributed by atoms with van der Waals surface area (Å²) in [5.41, 5.74) is 4.27. The van der Waals surface area contributed by atoms with Crippen molar-refractivity contribution >= 4 is 29.3 Å². The summed E-state index contributed by atoms with van der Waals surface area (Å²) in [6, 6.07) is 22.4. The number of hydrogen-bond acceptors (Lipinski definition) is 3. The average Bonchev–Trinajstić information content (AvgIpc) is 3.22. The molecule has 0 unspecified atom stereocenters. The number of methoxy groups -OCH3 is 1. The predicted octanol–water partition coefficient (Wildman–Crippen LogP) is 4.55. The van der Waals surface area contributed by atoms with Crippen LogP contribution in [-0.4, -0.2) is 25.5 Å². The van der Waals surface area contributed by atoms with Gasteiger partial charge in [0.25, 0.3) is 5.91 Å². The molecule has 2 amide bonds. The Kier molecular flexibility index (Phi) is 5.61. The van der Waals surface area contributed by atoms with Crippen LogP contribution in [0.15, 0.2) is 78.9 Å². The number of amides is 2. The molecule has 5 heteroatoms. The third-order valence-electron chi connectivity index (χ3n) is 5.05. The Bertz CT molecular complexity index is 1100. The van der Waals surface area contributed by atoms with Gasteiger partial charge in [0.15, 0.2) is 0 Å². The van der Waals surface area contributed by atoms with Gasteiger partial charge >= 0.3 is 0 Å². The molecule has 1 aliphatic rings. The van der Waals surface area contributed by atoms with Gasteiger partial charge in [0, 0.05) is 29.6 Å². The van der Waals surface area contributed by atoms with Gasteiger partial charge in [-0.05, 0) is 66.1 Å². The first-order valence-electron chi connectivity index (χ1n) is 9.77. The maximum absolute atomic E-state index is 12.9. The van der Waals surface area contributed by atoms with Crippen LogP contribution in [0.4, 0.5) is 11.4 Å². The monoisotopic (exact) mass is 398 g/mol. The quantitative estimate of drug-likeness (QED) is 0.642. The highest BCUT2D eigenvalue weighted by molar-refractivity contribution is 6.08. The molecule has 3 aromatic carbocycles. The molecule has 0 bridgehead atoms. The zero-order valence-electron chi connectivity index (χ0n) is 16.7. The summed E-state index contributed by atoms with van der Waals surface area (Å²) >= 11 is 0. The minimum Gasteiger partial charge on any atom is -0.497 e. The lowest BCUT2D eigenvalue weighted by Crippen LogP contribution is -2.28. The summed E-state index contributed by atoms with van der Waals surface area (Å²) in [5.74, 6) is 0.458. The third kappa shape index (κ3) is 4.25. The number of hydrogen-bond donors (Lipinski definition) is 1. The van der Waals surface area contributed by atoms with E-state index in [2.05, 4.69) is 11.4 Å². The Morgan fingerprint density at radius 3 is 2.60 bits per heavy atom. The number of carbonyl (C=O) groups excluding carboxylic acids is 2. The second-order valence-electron chi connectivity index (χ2n) is 7.01. The molecule has 1 heterocycles. The number of anilines is 2. The van der Waals surface area contributed by atoms with Crippen molar-refractivity contribution < 1.29 is 14.3 Å². The van der Waals surface area contributed by atoms with Crippen LogP contribution < -0.4 is 15.0 Å². The van der Waals surface area contributed by atoms with E-state index in [4.69, 9.17) is 4.74 Å². The van der Waals surface area contributed by atoms with E-state index in [-0.39, 0.29) is 11.8 Å². The van der Waals surface area contributed by atoms with Crippen molar-refractivity contribution in [2.75, 3.05) is 23.9 Å². The molecule has 150 valence electrons. The number of carbonyl (C=O) groups is 2. The van der Waals surface area contributed by atoms with Crippen LogP contribution in [0.5, 0.6) is 5.75 Å². The highest BCUT2D eigenvalue weighted by atomic mass is 16.5. The van der Waals surface area contributed by atoms with Gasteiger partial charge < -0.3 is 15.0 Å². The van der Waals surface area contributed by atoms with Gasteiger partial charge in [-0.25, -0.2) is 0 Å². The molecule has 30 heavy (non-hydrogen) atoms. The molecular formula is C25H22N2O3. The molecule has 0 spiro atoms. The zero-order valence-corrected chi connectivity index (χ0v) is 16.7. The Hall–Kier alpha value is -3.86. The van der Waals surface area contributed by atoms with Crippen LogP contribution in [0.3, 0.4) is 0 Å². The maximum Gasteiger partial charge on any atom is 0.258 e. The zero-order chi connectivity index (χ0) is 20.9. The van der Waals surface area contributed by atoms with E-state index in [0.717, 1.165) is 23.4 Å². The highest BCUT2D eigenvalue weighted by Crippen LogP contribution is 2.29. The van der Waals surface area contributed by atoms with Crippen LogP contribution in [0.25, 0.3) is 6.08 Å². The second-order valence-corrected chi connectivity index (χ2v) is 7.01. The van der Waals surface area contributed by atoms with Crippen molar-refractivity contribution in [1.82, 2.24) is 0 Å². The summed E-state index contributed by atoms with van der Waals surface area (Å²) in [7, 11) is 1.60. The summed E-state index contributed by atoms with van der Waals surface area (Å²) in [6.07, 6.45) is 4.06. The third-order valence-corrected chi connectivity index (χ3v) is 5.05. The van der Waals surface area contributed by atoms with Crippen molar-refractivity contribution in [3.05, 3.63) is 95.6 Å². The van der Waals surface area contributed by atoms with Crippen LogP contribution in [0.2, 0.25) is 0 Å². The van der Waals surface area contributed by atoms with E-state index in [1.54, 1.807) is 42.4 Å². The molecule has 3 aromatic rings. The lowest BCUT2D eigenvalue weighted by Gasteiger charge is -2.17. The van der Waals surface area contributed by atoms with Gasteiger partial charge in [0.05, 0.1) is 7.11 Å². The molecule has 1 N–H and O–H groups in total. The molecule has 0 aliphatic carbocycles. The van der Waals surface area contributed by atoms with E-state index in [0.29, 0.717) is 17.8 Å². The Labute approximate surface area is 175 Å². The largest absolute Gasteiger partial charge is 0.497 e. The minimum absolute atomic E-state index is 0.0317. The summed E-state index contributed by atoms with van der Waals surface area (Å²) in [5, 5.41) is 2.81. The van der Waals surface area contributed by atoms with E-state index < -0.39 is 0 Å². The fourth-order valence-electron chi connectivity index (χ4n) is 3.50. The van der Waals surface area contributed by atoms with Crippen molar-refractivity contribution in [2.45, 2.75) is 6.42 Å². The van der Waals surface area contributed by atoms with E-state index in [9.17, 15) is 9.59 Å².